The van der Waals surface area contributed by atoms with E-state index in [2.05, 4.69) is 17.2 Å². The van der Waals surface area contributed by atoms with E-state index in [-0.39, 0.29) is 5.91 Å². The standard InChI is InChI=1S/C18H16N2O3/c1-20-17(21)14-9-10-16(19)13(11-14)8-7-12-5-3-4-6-15(12)18(22)23-2/h3-6,9-11H,19H2,1-2H3,(H,20,21). The number of nitrogens with two attached hydrogens (primary N) is 1. The predicted octanol–water partition coefficient (Wildman–Crippen LogP) is 1.81. The minimum atomic E-state index is -0.456. The number of benzene rings is 2. The number of anilines is 1. The molecular weight excluding hydrogens is 292 g/mol. The molecule has 0 aliphatic rings. The van der Waals surface area contributed by atoms with Crippen molar-refractivity contribution < 1.29 is 14.3 Å². The van der Waals surface area contributed by atoms with Crippen LogP contribution in [0.25, 0.3) is 0 Å². The smallest absolute Gasteiger partial charge is 0.339 e. The number of carbonyl (C=O) groups is 2. The minimum absolute atomic E-state index is 0.219. The fourth-order valence-electron chi connectivity index (χ4n) is 1.96. The third kappa shape index (κ3) is 3.69. The third-order valence-electron chi connectivity index (χ3n) is 3.21. The van der Waals surface area contributed by atoms with E-state index in [1.54, 1.807) is 49.5 Å². The van der Waals surface area contributed by atoms with Gasteiger partial charge in [-0.05, 0) is 30.3 Å². The Morgan fingerprint density at radius 2 is 1.78 bits per heavy atom. The molecule has 0 radical (unpaired) electrons. The Kier molecular flexibility index (Phi) is 5.00. The van der Waals surface area contributed by atoms with Crippen molar-refractivity contribution in [3.8, 4) is 11.8 Å². The number of amides is 1. The first kappa shape index (κ1) is 16.1. The van der Waals surface area contributed by atoms with Gasteiger partial charge in [-0.2, -0.15) is 0 Å². The second-order valence-corrected chi connectivity index (χ2v) is 4.67. The van der Waals surface area contributed by atoms with Gasteiger partial charge < -0.3 is 15.8 Å². The Hall–Kier alpha value is -3.26. The lowest BCUT2D eigenvalue weighted by Crippen LogP contribution is -2.17. The molecule has 0 aromatic heterocycles. The molecule has 0 spiro atoms. The van der Waals surface area contributed by atoms with Crippen molar-refractivity contribution in [3.63, 3.8) is 0 Å². The predicted molar refractivity (Wildman–Crippen MR) is 88.0 cm³/mol. The molecule has 0 aliphatic carbocycles. The highest BCUT2D eigenvalue weighted by Gasteiger charge is 2.09. The molecule has 1 amide bonds. The van der Waals surface area contributed by atoms with Gasteiger partial charge in [-0.15, -0.1) is 0 Å². The monoisotopic (exact) mass is 308 g/mol. The van der Waals surface area contributed by atoms with E-state index in [9.17, 15) is 9.59 Å². The molecule has 0 saturated carbocycles. The lowest BCUT2D eigenvalue weighted by atomic mass is 10.1. The van der Waals surface area contributed by atoms with Crippen LogP contribution in [0, 0.1) is 11.8 Å². The number of rotatable bonds is 2. The van der Waals surface area contributed by atoms with Gasteiger partial charge in [-0.3, -0.25) is 4.79 Å². The van der Waals surface area contributed by atoms with Crippen LogP contribution < -0.4 is 11.1 Å². The van der Waals surface area contributed by atoms with E-state index < -0.39 is 5.97 Å². The number of ether oxygens (including phenoxy) is 1. The summed E-state index contributed by atoms with van der Waals surface area (Å²) in [6, 6.07) is 11.7. The number of hydrogen-bond donors (Lipinski definition) is 2. The summed E-state index contributed by atoms with van der Waals surface area (Å²) in [5.41, 5.74) is 8.25. The molecule has 23 heavy (non-hydrogen) atoms. The van der Waals surface area contributed by atoms with Gasteiger partial charge in [0.25, 0.3) is 5.91 Å². The molecule has 0 heterocycles. The molecule has 0 aliphatic heterocycles. The second kappa shape index (κ2) is 7.14. The molecule has 0 fully saturated rings. The number of nitrogen functional groups attached to an aromatic ring is 1. The first-order valence-corrected chi connectivity index (χ1v) is 6.87. The molecule has 2 rings (SSSR count). The summed E-state index contributed by atoms with van der Waals surface area (Å²) in [5.74, 6) is 5.14. The Labute approximate surface area is 134 Å². The molecule has 0 atom stereocenters. The Bertz CT molecular complexity index is 817. The van der Waals surface area contributed by atoms with Crippen LogP contribution in [0.15, 0.2) is 42.5 Å². The zero-order valence-corrected chi connectivity index (χ0v) is 12.8. The van der Waals surface area contributed by atoms with Crippen LogP contribution in [0.2, 0.25) is 0 Å². The van der Waals surface area contributed by atoms with E-state index >= 15 is 0 Å². The normalized spacial score (nSPS) is 9.48. The first-order chi connectivity index (χ1) is 11.1. The quantitative estimate of drug-likeness (QED) is 0.504. The maximum atomic E-state index is 11.7. The van der Waals surface area contributed by atoms with E-state index in [4.69, 9.17) is 10.5 Å². The van der Waals surface area contributed by atoms with Crippen LogP contribution in [-0.4, -0.2) is 26.0 Å². The number of esters is 1. The fourth-order valence-corrected chi connectivity index (χ4v) is 1.96. The summed E-state index contributed by atoms with van der Waals surface area (Å²) in [7, 11) is 2.87. The molecule has 5 heteroatoms. The Balaban J connectivity index is 2.44. The summed E-state index contributed by atoms with van der Waals surface area (Å²) in [6.07, 6.45) is 0. The van der Waals surface area contributed by atoms with Crippen LogP contribution in [0.5, 0.6) is 0 Å². The van der Waals surface area contributed by atoms with E-state index in [0.29, 0.717) is 27.9 Å². The highest BCUT2D eigenvalue weighted by atomic mass is 16.5. The summed E-state index contributed by atoms with van der Waals surface area (Å²) < 4.78 is 4.73. The highest BCUT2D eigenvalue weighted by Crippen LogP contribution is 2.14. The number of carbonyl (C=O) groups excluding carboxylic acids is 2. The lowest BCUT2D eigenvalue weighted by Gasteiger charge is -2.04. The van der Waals surface area contributed by atoms with Crippen molar-refractivity contribution in [1.82, 2.24) is 5.32 Å². The maximum absolute atomic E-state index is 11.7. The van der Waals surface area contributed by atoms with Gasteiger partial charge in [0.15, 0.2) is 0 Å². The summed E-state index contributed by atoms with van der Waals surface area (Å²) in [4.78, 5) is 23.4. The van der Waals surface area contributed by atoms with Gasteiger partial charge in [0.2, 0.25) is 0 Å². The molecule has 2 aromatic carbocycles. The summed E-state index contributed by atoms with van der Waals surface area (Å²) in [5, 5.41) is 2.54. The van der Waals surface area contributed by atoms with Crippen molar-refractivity contribution in [2.75, 3.05) is 19.9 Å². The molecule has 5 nitrogen and oxygen atoms in total. The zero-order valence-electron chi connectivity index (χ0n) is 12.8. The average molecular weight is 308 g/mol. The van der Waals surface area contributed by atoms with Gasteiger partial charge in [0.05, 0.1) is 12.7 Å². The minimum Gasteiger partial charge on any atom is -0.465 e. The number of hydrogen-bond acceptors (Lipinski definition) is 4. The molecule has 2 aromatic rings. The first-order valence-electron chi connectivity index (χ1n) is 6.87. The van der Waals surface area contributed by atoms with Crippen molar-refractivity contribution in [1.29, 1.82) is 0 Å². The Morgan fingerprint density at radius 3 is 2.48 bits per heavy atom. The molecule has 0 saturated heterocycles. The lowest BCUT2D eigenvalue weighted by molar-refractivity contribution is 0.0600. The maximum Gasteiger partial charge on any atom is 0.339 e. The van der Waals surface area contributed by atoms with Gasteiger partial charge in [0, 0.05) is 29.4 Å². The average Bonchev–Trinajstić information content (AvgIpc) is 2.59. The number of nitrogens with one attached hydrogen (secondary N) is 1. The third-order valence-corrected chi connectivity index (χ3v) is 3.21. The van der Waals surface area contributed by atoms with Gasteiger partial charge >= 0.3 is 5.97 Å². The van der Waals surface area contributed by atoms with Crippen LogP contribution in [0.4, 0.5) is 5.69 Å². The topological polar surface area (TPSA) is 81.4 Å². The zero-order chi connectivity index (χ0) is 16.8. The fraction of sp³-hybridized carbons (Fsp3) is 0.111. The molecule has 0 bridgehead atoms. The highest BCUT2D eigenvalue weighted by molar-refractivity contribution is 5.95. The van der Waals surface area contributed by atoms with Crippen LogP contribution in [0.3, 0.4) is 0 Å². The molecule has 0 unspecified atom stereocenters. The van der Waals surface area contributed by atoms with Gasteiger partial charge in [0.1, 0.15) is 0 Å². The molecule has 116 valence electrons. The van der Waals surface area contributed by atoms with E-state index in [1.807, 2.05) is 0 Å². The van der Waals surface area contributed by atoms with Crippen LogP contribution >= 0.6 is 0 Å². The van der Waals surface area contributed by atoms with Crippen molar-refractivity contribution in [3.05, 3.63) is 64.7 Å². The number of methoxy groups -OCH3 is 1. The van der Waals surface area contributed by atoms with Crippen LogP contribution in [0.1, 0.15) is 31.8 Å². The summed E-state index contributed by atoms with van der Waals surface area (Å²) >= 11 is 0. The summed E-state index contributed by atoms with van der Waals surface area (Å²) in [6.45, 7) is 0. The molecule has 3 N–H and O–H groups in total. The van der Waals surface area contributed by atoms with Crippen molar-refractivity contribution in [2.45, 2.75) is 0 Å². The second-order valence-electron chi connectivity index (χ2n) is 4.67. The van der Waals surface area contributed by atoms with Crippen molar-refractivity contribution in [2.24, 2.45) is 0 Å². The van der Waals surface area contributed by atoms with Gasteiger partial charge in [-0.25, -0.2) is 4.79 Å². The van der Waals surface area contributed by atoms with Gasteiger partial charge in [-0.1, -0.05) is 24.0 Å². The van der Waals surface area contributed by atoms with E-state index in [1.165, 1.54) is 7.11 Å². The Morgan fingerprint density at radius 1 is 1.09 bits per heavy atom. The van der Waals surface area contributed by atoms with Crippen LogP contribution in [-0.2, 0) is 4.74 Å². The largest absolute Gasteiger partial charge is 0.465 e. The van der Waals surface area contributed by atoms with E-state index in [0.717, 1.165) is 0 Å². The SMILES string of the molecule is CNC(=O)c1ccc(N)c(C#Cc2ccccc2C(=O)OC)c1. The molecular formula is C18H16N2O3. The van der Waals surface area contributed by atoms with Crippen molar-refractivity contribution >= 4 is 17.6 Å².